The fourth-order valence-electron chi connectivity index (χ4n) is 4.05. The number of phenolic OH excluding ortho intramolecular Hbond substituents is 1. The highest BCUT2D eigenvalue weighted by Gasteiger charge is 2.53. The maximum atomic E-state index is 15.1. The number of carbonyl (C=O) groups is 1. The van der Waals surface area contributed by atoms with Crippen molar-refractivity contribution in [2.24, 2.45) is 5.41 Å². The van der Waals surface area contributed by atoms with E-state index in [2.05, 4.69) is 5.10 Å². The zero-order valence-corrected chi connectivity index (χ0v) is 15.0. The van der Waals surface area contributed by atoms with Crippen LogP contribution in [0.1, 0.15) is 31.7 Å². The lowest BCUT2D eigenvalue weighted by molar-refractivity contribution is -0.117. The fourth-order valence-corrected chi connectivity index (χ4v) is 5.21. The molecule has 1 saturated heterocycles. The second kappa shape index (κ2) is 5.22. The number of nitrogens with one attached hydrogen (secondary N) is 1. The molecule has 1 aromatic carbocycles. The first-order chi connectivity index (χ1) is 12.8. The van der Waals surface area contributed by atoms with E-state index in [-0.39, 0.29) is 5.56 Å². The number of carbonyl (C=O) groups excluding carboxylic acids is 1. The Balaban J connectivity index is 1.51. The van der Waals surface area contributed by atoms with Crippen LogP contribution in [-0.2, 0) is 15.0 Å². The van der Waals surface area contributed by atoms with Crippen LogP contribution in [0, 0.1) is 11.2 Å². The molecule has 8 nitrogen and oxygen atoms in total. The first-order valence-corrected chi connectivity index (χ1v) is 10.1. The molecular weight excluding hydrogens is 375 g/mol. The van der Waals surface area contributed by atoms with Crippen LogP contribution in [0.2, 0.25) is 0 Å². The molecule has 27 heavy (non-hydrogen) atoms. The monoisotopic (exact) mass is 392 g/mol. The highest BCUT2D eigenvalue weighted by Crippen LogP contribution is 2.64. The topological polar surface area (TPSA) is 105 Å². The first-order valence-electron chi connectivity index (χ1n) is 8.67. The van der Waals surface area contributed by atoms with E-state index in [9.17, 15) is 18.3 Å². The van der Waals surface area contributed by atoms with Gasteiger partial charge in [0, 0.05) is 17.3 Å². The molecular formula is C17H17FN4O4S. The molecule has 0 unspecified atom stereocenters. The highest BCUT2D eigenvalue weighted by atomic mass is 32.2. The second-order valence-corrected chi connectivity index (χ2v) is 9.20. The maximum Gasteiger partial charge on any atom is 0.326 e. The number of anilines is 1. The van der Waals surface area contributed by atoms with Crippen molar-refractivity contribution < 1.29 is 22.7 Å². The van der Waals surface area contributed by atoms with Gasteiger partial charge >= 0.3 is 10.2 Å². The van der Waals surface area contributed by atoms with Crippen LogP contribution in [0.5, 0.6) is 5.75 Å². The van der Waals surface area contributed by atoms with Gasteiger partial charge in [-0.15, -0.1) is 0 Å². The number of rotatable bonds is 3. The minimum Gasteiger partial charge on any atom is -0.506 e. The van der Waals surface area contributed by atoms with Gasteiger partial charge in [0.15, 0.2) is 5.82 Å². The van der Waals surface area contributed by atoms with Crippen LogP contribution >= 0.6 is 0 Å². The normalized spacial score (nSPS) is 22.7. The Bertz CT molecular complexity index is 1070. The van der Waals surface area contributed by atoms with Crippen molar-refractivity contribution in [1.29, 1.82) is 0 Å². The van der Waals surface area contributed by atoms with Gasteiger partial charge in [0.1, 0.15) is 18.0 Å². The number of nitrogens with zero attached hydrogens (tertiary/aromatic N) is 3. The van der Waals surface area contributed by atoms with Crippen molar-refractivity contribution in [3.8, 4) is 16.9 Å². The summed E-state index contributed by atoms with van der Waals surface area (Å²) in [5, 5.41) is 14.4. The van der Waals surface area contributed by atoms with Crippen molar-refractivity contribution >= 4 is 21.8 Å². The van der Waals surface area contributed by atoms with Crippen LogP contribution in [0.25, 0.3) is 11.1 Å². The number of amides is 1. The summed E-state index contributed by atoms with van der Waals surface area (Å²) < 4.78 is 43.3. The summed E-state index contributed by atoms with van der Waals surface area (Å²) in [4.78, 5) is 11.4. The van der Waals surface area contributed by atoms with Crippen molar-refractivity contribution in [2.75, 3.05) is 10.8 Å². The van der Waals surface area contributed by atoms with Gasteiger partial charge in [-0.2, -0.15) is 13.5 Å². The van der Waals surface area contributed by atoms with Gasteiger partial charge in [0.05, 0.1) is 12.2 Å². The molecule has 5 rings (SSSR count). The van der Waals surface area contributed by atoms with Gasteiger partial charge in [-0.25, -0.2) is 13.4 Å². The highest BCUT2D eigenvalue weighted by molar-refractivity contribution is 7.92. The van der Waals surface area contributed by atoms with Gasteiger partial charge in [-0.05, 0) is 43.2 Å². The van der Waals surface area contributed by atoms with E-state index in [1.165, 1.54) is 31.2 Å². The lowest BCUT2D eigenvalue weighted by Gasteiger charge is -2.35. The van der Waals surface area contributed by atoms with Crippen LogP contribution in [0.3, 0.4) is 0 Å². The third-order valence-electron chi connectivity index (χ3n) is 5.75. The van der Waals surface area contributed by atoms with E-state index >= 15 is 4.39 Å². The number of halogens is 1. The minimum absolute atomic E-state index is 0.115. The maximum absolute atomic E-state index is 15.1. The number of aromatic hydroxyl groups is 1. The van der Waals surface area contributed by atoms with Gasteiger partial charge in [-0.1, -0.05) is 0 Å². The summed E-state index contributed by atoms with van der Waals surface area (Å²) in [5.74, 6) is -2.26. The Kier molecular flexibility index (Phi) is 3.20. The Morgan fingerprint density at radius 1 is 1.30 bits per heavy atom. The summed E-state index contributed by atoms with van der Waals surface area (Å²) >= 11 is 0. The number of phenols is 1. The van der Waals surface area contributed by atoms with E-state index < -0.39 is 39.9 Å². The van der Waals surface area contributed by atoms with E-state index in [1.807, 2.05) is 4.68 Å². The van der Waals surface area contributed by atoms with Gasteiger partial charge in [0.2, 0.25) is 0 Å². The Morgan fingerprint density at radius 3 is 2.67 bits per heavy atom. The van der Waals surface area contributed by atoms with Crippen molar-refractivity contribution in [3.05, 3.63) is 30.3 Å². The molecule has 2 saturated carbocycles. The van der Waals surface area contributed by atoms with Crippen LogP contribution in [0.4, 0.5) is 10.1 Å². The van der Waals surface area contributed by atoms with Gasteiger partial charge in [-0.3, -0.25) is 9.48 Å². The van der Waals surface area contributed by atoms with E-state index in [0.29, 0.717) is 21.3 Å². The van der Waals surface area contributed by atoms with Gasteiger partial charge < -0.3 is 5.11 Å². The number of benzene rings is 1. The zero-order chi connectivity index (χ0) is 19.0. The number of hydrogen-bond acceptors (Lipinski definition) is 5. The molecule has 142 valence electrons. The Morgan fingerprint density at radius 2 is 2.04 bits per heavy atom. The SMILES string of the molecule is O=C1CN(c2c(O)ccc(-c3cnn(C4CC5(CC5)C4)c3)c2F)S(=O)(=O)N1. The van der Waals surface area contributed by atoms with Crippen molar-refractivity contribution in [1.82, 2.24) is 14.5 Å². The molecule has 2 heterocycles. The molecule has 1 aromatic heterocycles. The fraction of sp³-hybridized carbons (Fsp3) is 0.412. The summed E-state index contributed by atoms with van der Waals surface area (Å²) in [6.07, 6.45) is 7.96. The quantitative estimate of drug-likeness (QED) is 0.827. The standard InChI is InChI=1S/C17H17FN4O4S/c18-15-12(10-7-19-21(8-10)11-5-17(6-11)3-4-17)1-2-13(23)16(15)22-9-14(24)20-27(22,25)26/h1-2,7-8,11,23H,3-6,9H2,(H,20,24). The second-order valence-electron chi connectivity index (χ2n) is 7.60. The van der Waals surface area contributed by atoms with Crippen LogP contribution in [0.15, 0.2) is 24.5 Å². The molecule has 0 atom stereocenters. The summed E-state index contributed by atoms with van der Waals surface area (Å²) in [7, 11) is -4.23. The Labute approximate surface area is 154 Å². The molecule has 2 aliphatic carbocycles. The molecule has 3 fully saturated rings. The zero-order valence-electron chi connectivity index (χ0n) is 14.2. The largest absolute Gasteiger partial charge is 0.506 e. The molecule has 1 aliphatic heterocycles. The molecule has 3 aliphatic rings. The Hall–Kier alpha value is -2.62. The molecule has 10 heteroatoms. The van der Waals surface area contributed by atoms with Crippen molar-refractivity contribution in [2.45, 2.75) is 31.7 Å². The minimum atomic E-state index is -4.23. The summed E-state index contributed by atoms with van der Waals surface area (Å²) in [6, 6.07) is 2.89. The average Bonchev–Trinajstić information content (AvgIpc) is 3.14. The first kappa shape index (κ1) is 16.5. The predicted octanol–water partition coefficient (Wildman–Crippen LogP) is 1.69. The molecule has 0 radical (unpaired) electrons. The average molecular weight is 392 g/mol. The third kappa shape index (κ3) is 2.50. The van der Waals surface area contributed by atoms with E-state index in [0.717, 1.165) is 12.8 Å². The molecule has 1 amide bonds. The smallest absolute Gasteiger partial charge is 0.326 e. The molecule has 2 N–H and O–H groups in total. The van der Waals surface area contributed by atoms with E-state index in [1.54, 1.807) is 10.9 Å². The number of aromatic nitrogens is 2. The lowest BCUT2D eigenvalue weighted by Crippen LogP contribution is -2.30. The lowest BCUT2D eigenvalue weighted by atomic mass is 9.77. The van der Waals surface area contributed by atoms with Gasteiger partial charge in [0.25, 0.3) is 5.91 Å². The van der Waals surface area contributed by atoms with Crippen molar-refractivity contribution in [3.63, 3.8) is 0 Å². The molecule has 0 bridgehead atoms. The number of hydrogen-bond donors (Lipinski definition) is 2. The third-order valence-corrected chi connectivity index (χ3v) is 7.12. The predicted molar refractivity (Wildman–Crippen MR) is 93.6 cm³/mol. The summed E-state index contributed by atoms with van der Waals surface area (Å²) in [5.41, 5.74) is 0.571. The van der Waals surface area contributed by atoms with Crippen LogP contribution < -0.4 is 9.03 Å². The van der Waals surface area contributed by atoms with Crippen LogP contribution in [-0.4, -0.2) is 35.8 Å². The molecule has 1 spiro atoms. The summed E-state index contributed by atoms with van der Waals surface area (Å²) in [6.45, 7) is -0.584. The molecule has 2 aromatic rings. The van der Waals surface area contributed by atoms with E-state index in [4.69, 9.17) is 0 Å².